The SMILES string of the molecule is O=C(c1cc[nH]c(=O)c1)N1CCCC(Oc2cnccn2)C1. The molecule has 0 aliphatic carbocycles. The highest BCUT2D eigenvalue weighted by Gasteiger charge is 2.26. The molecule has 1 aliphatic heterocycles. The molecule has 1 saturated heterocycles. The number of carbonyl (C=O) groups excluding carboxylic acids is 1. The van der Waals surface area contributed by atoms with E-state index in [0.717, 1.165) is 12.8 Å². The molecule has 0 bridgehead atoms. The number of piperidine rings is 1. The van der Waals surface area contributed by atoms with Crippen LogP contribution >= 0.6 is 0 Å². The van der Waals surface area contributed by atoms with Gasteiger partial charge >= 0.3 is 0 Å². The van der Waals surface area contributed by atoms with E-state index in [2.05, 4.69) is 15.0 Å². The Morgan fingerprint density at radius 2 is 2.32 bits per heavy atom. The minimum Gasteiger partial charge on any atom is -0.471 e. The quantitative estimate of drug-likeness (QED) is 0.908. The second kappa shape index (κ2) is 6.38. The second-order valence-corrected chi connectivity index (χ2v) is 5.12. The standard InChI is InChI=1S/C15H16N4O3/c20-13-8-11(3-4-17-13)15(21)19-7-1-2-12(10-19)22-14-9-16-5-6-18-14/h3-6,8-9,12H,1-2,7,10H2,(H,17,20). The Labute approximate surface area is 127 Å². The second-order valence-electron chi connectivity index (χ2n) is 5.12. The Hall–Kier alpha value is -2.70. The Morgan fingerprint density at radius 1 is 1.41 bits per heavy atom. The van der Waals surface area contributed by atoms with Crippen molar-refractivity contribution in [2.24, 2.45) is 0 Å². The zero-order valence-corrected chi connectivity index (χ0v) is 11.9. The molecule has 1 N–H and O–H groups in total. The molecule has 1 unspecified atom stereocenters. The maximum Gasteiger partial charge on any atom is 0.254 e. The van der Waals surface area contributed by atoms with Gasteiger partial charge in [0, 0.05) is 36.8 Å². The van der Waals surface area contributed by atoms with E-state index in [9.17, 15) is 9.59 Å². The van der Waals surface area contributed by atoms with Crippen LogP contribution in [0.15, 0.2) is 41.7 Å². The lowest BCUT2D eigenvalue weighted by Crippen LogP contribution is -2.44. The number of nitrogens with zero attached hydrogens (tertiary/aromatic N) is 3. The summed E-state index contributed by atoms with van der Waals surface area (Å²) in [6, 6.07) is 2.92. The number of rotatable bonds is 3. The minimum absolute atomic E-state index is 0.114. The Kier molecular flexibility index (Phi) is 4.13. The van der Waals surface area contributed by atoms with E-state index in [1.54, 1.807) is 29.6 Å². The van der Waals surface area contributed by atoms with Gasteiger partial charge in [-0.15, -0.1) is 0 Å². The molecule has 3 heterocycles. The third-order valence-electron chi connectivity index (χ3n) is 3.51. The van der Waals surface area contributed by atoms with E-state index >= 15 is 0 Å². The Morgan fingerprint density at radius 3 is 3.09 bits per heavy atom. The van der Waals surface area contributed by atoms with Crippen LogP contribution in [0.4, 0.5) is 0 Å². The van der Waals surface area contributed by atoms with Gasteiger partial charge in [0.2, 0.25) is 11.4 Å². The van der Waals surface area contributed by atoms with Crippen molar-refractivity contribution < 1.29 is 9.53 Å². The van der Waals surface area contributed by atoms with Gasteiger partial charge in [0.15, 0.2) is 0 Å². The molecule has 114 valence electrons. The number of likely N-dealkylation sites (tertiary alicyclic amines) is 1. The lowest BCUT2D eigenvalue weighted by Gasteiger charge is -2.32. The number of hydrogen-bond donors (Lipinski definition) is 1. The van der Waals surface area contributed by atoms with Gasteiger partial charge in [-0.1, -0.05) is 0 Å². The number of amides is 1. The van der Waals surface area contributed by atoms with Crippen molar-refractivity contribution >= 4 is 5.91 Å². The molecule has 7 heteroatoms. The number of H-pyrrole nitrogens is 1. The summed E-state index contributed by atoms with van der Waals surface area (Å²) in [5.41, 5.74) is 0.110. The fraction of sp³-hybridized carbons (Fsp3) is 0.333. The van der Waals surface area contributed by atoms with Crippen LogP contribution in [0.1, 0.15) is 23.2 Å². The van der Waals surface area contributed by atoms with E-state index < -0.39 is 0 Å². The Balaban J connectivity index is 1.67. The van der Waals surface area contributed by atoms with Crippen molar-refractivity contribution in [2.75, 3.05) is 13.1 Å². The van der Waals surface area contributed by atoms with Crippen LogP contribution in [0.2, 0.25) is 0 Å². The zero-order chi connectivity index (χ0) is 15.4. The highest BCUT2D eigenvalue weighted by molar-refractivity contribution is 5.94. The number of aromatic nitrogens is 3. The predicted molar refractivity (Wildman–Crippen MR) is 78.6 cm³/mol. The van der Waals surface area contributed by atoms with E-state index in [1.165, 1.54) is 12.3 Å². The molecule has 1 aliphatic rings. The number of aromatic amines is 1. The molecule has 1 fully saturated rings. The van der Waals surface area contributed by atoms with Gasteiger partial charge in [0.05, 0.1) is 12.7 Å². The molecule has 0 spiro atoms. The maximum absolute atomic E-state index is 12.4. The minimum atomic E-state index is -0.282. The van der Waals surface area contributed by atoms with E-state index in [0.29, 0.717) is 24.5 Å². The van der Waals surface area contributed by atoms with Crippen LogP contribution < -0.4 is 10.3 Å². The number of carbonyl (C=O) groups is 1. The third-order valence-corrected chi connectivity index (χ3v) is 3.51. The molecule has 1 atom stereocenters. The molecular formula is C15H16N4O3. The summed E-state index contributed by atoms with van der Waals surface area (Å²) in [6.07, 6.45) is 7.77. The smallest absolute Gasteiger partial charge is 0.254 e. The first-order chi connectivity index (χ1) is 10.7. The van der Waals surface area contributed by atoms with Crippen molar-refractivity contribution in [3.05, 3.63) is 52.8 Å². The topological polar surface area (TPSA) is 88.2 Å². The molecule has 22 heavy (non-hydrogen) atoms. The normalized spacial score (nSPS) is 18.0. The summed E-state index contributed by atoms with van der Waals surface area (Å²) < 4.78 is 5.76. The molecule has 2 aromatic heterocycles. The summed E-state index contributed by atoms with van der Waals surface area (Å²) in [6.45, 7) is 1.13. The van der Waals surface area contributed by atoms with Crippen molar-refractivity contribution in [2.45, 2.75) is 18.9 Å². The van der Waals surface area contributed by atoms with Crippen molar-refractivity contribution in [1.29, 1.82) is 0 Å². The monoisotopic (exact) mass is 300 g/mol. The van der Waals surface area contributed by atoms with Crippen LogP contribution in [-0.2, 0) is 0 Å². The van der Waals surface area contributed by atoms with Gasteiger partial charge in [0.1, 0.15) is 6.10 Å². The van der Waals surface area contributed by atoms with Gasteiger partial charge in [0.25, 0.3) is 5.91 Å². The number of ether oxygens (including phenoxy) is 1. The van der Waals surface area contributed by atoms with Crippen LogP contribution in [-0.4, -0.2) is 45.0 Å². The van der Waals surface area contributed by atoms with Crippen molar-refractivity contribution in [3.8, 4) is 5.88 Å². The van der Waals surface area contributed by atoms with Gasteiger partial charge in [-0.2, -0.15) is 0 Å². The fourth-order valence-electron chi connectivity index (χ4n) is 2.50. The highest BCUT2D eigenvalue weighted by Crippen LogP contribution is 2.17. The summed E-state index contributed by atoms with van der Waals surface area (Å²) in [4.78, 5) is 36.0. The van der Waals surface area contributed by atoms with Gasteiger partial charge in [-0.05, 0) is 18.9 Å². The maximum atomic E-state index is 12.4. The molecule has 0 saturated carbocycles. The molecule has 7 nitrogen and oxygen atoms in total. The van der Waals surface area contributed by atoms with Gasteiger partial charge in [-0.3, -0.25) is 14.6 Å². The van der Waals surface area contributed by atoms with Crippen LogP contribution in [0.5, 0.6) is 5.88 Å². The van der Waals surface area contributed by atoms with Crippen molar-refractivity contribution in [3.63, 3.8) is 0 Å². The van der Waals surface area contributed by atoms with Crippen molar-refractivity contribution in [1.82, 2.24) is 19.9 Å². The first-order valence-electron chi connectivity index (χ1n) is 7.13. The van der Waals surface area contributed by atoms with Gasteiger partial charge < -0.3 is 14.6 Å². The number of hydrogen-bond acceptors (Lipinski definition) is 5. The third kappa shape index (κ3) is 3.30. The molecular weight excluding hydrogens is 284 g/mol. The zero-order valence-electron chi connectivity index (χ0n) is 11.9. The molecule has 2 aromatic rings. The highest BCUT2D eigenvalue weighted by atomic mass is 16.5. The average molecular weight is 300 g/mol. The first kappa shape index (κ1) is 14.2. The lowest BCUT2D eigenvalue weighted by atomic mass is 10.1. The fourth-order valence-corrected chi connectivity index (χ4v) is 2.50. The first-order valence-corrected chi connectivity index (χ1v) is 7.13. The summed E-state index contributed by atoms with van der Waals surface area (Å²) in [7, 11) is 0. The summed E-state index contributed by atoms with van der Waals surface area (Å²) in [5, 5.41) is 0. The van der Waals surface area contributed by atoms with Crippen LogP contribution in [0.25, 0.3) is 0 Å². The molecule has 0 aromatic carbocycles. The number of pyridine rings is 1. The van der Waals surface area contributed by atoms with Crippen LogP contribution in [0.3, 0.4) is 0 Å². The summed E-state index contributed by atoms with van der Waals surface area (Å²) >= 11 is 0. The average Bonchev–Trinajstić information content (AvgIpc) is 2.55. The predicted octanol–water partition coefficient (Wildman–Crippen LogP) is 0.848. The Bertz CT molecular complexity index is 701. The molecule has 0 radical (unpaired) electrons. The lowest BCUT2D eigenvalue weighted by molar-refractivity contribution is 0.0526. The van der Waals surface area contributed by atoms with E-state index in [-0.39, 0.29) is 17.6 Å². The van der Waals surface area contributed by atoms with Crippen LogP contribution in [0, 0.1) is 0 Å². The molecule has 3 rings (SSSR count). The summed E-state index contributed by atoms with van der Waals surface area (Å²) in [5.74, 6) is 0.302. The number of nitrogens with one attached hydrogen (secondary N) is 1. The van der Waals surface area contributed by atoms with E-state index in [1.807, 2.05) is 0 Å². The van der Waals surface area contributed by atoms with Gasteiger partial charge in [-0.25, -0.2) is 4.98 Å². The largest absolute Gasteiger partial charge is 0.471 e. The molecule has 1 amide bonds. The van der Waals surface area contributed by atoms with E-state index in [4.69, 9.17) is 4.74 Å².